The maximum absolute atomic E-state index is 5.56. The molecular formula is C17H25NO. The van der Waals surface area contributed by atoms with Crippen LogP contribution in [0.4, 0.5) is 0 Å². The Balaban J connectivity index is 0.00000180. The summed E-state index contributed by atoms with van der Waals surface area (Å²) in [6.07, 6.45) is 1.71. The normalized spacial score (nSPS) is 12.0. The third kappa shape index (κ3) is 3.65. The molecule has 0 bridgehead atoms. The first-order valence-corrected chi connectivity index (χ1v) is 6.26. The van der Waals surface area contributed by atoms with E-state index in [1.54, 1.807) is 13.3 Å². The molecule has 104 valence electrons. The summed E-state index contributed by atoms with van der Waals surface area (Å²) in [6, 6.07) is 14.5. The van der Waals surface area contributed by atoms with E-state index < -0.39 is 0 Å². The predicted molar refractivity (Wildman–Crippen MR) is 82.5 cm³/mol. The van der Waals surface area contributed by atoms with Crippen LogP contribution in [0.5, 0.6) is 0 Å². The van der Waals surface area contributed by atoms with Gasteiger partial charge in [0, 0.05) is 14.7 Å². The first-order valence-electron chi connectivity index (χ1n) is 6.26. The van der Waals surface area contributed by atoms with Gasteiger partial charge in [0.15, 0.2) is 0 Å². The van der Waals surface area contributed by atoms with E-state index in [0.29, 0.717) is 5.92 Å². The van der Waals surface area contributed by atoms with E-state index in [9.17, 15) is 0 Å². The number of nitrogens with zero attached hydrogens (tertiary/aromatic N) is 1. The standard InChI is InChI=1S/C16H19NO.CH4.H2/c1-12(2)13-7-9-14(10-8-13)16(18-3)15-6-4-5-11-17-15;;/h4-12,16H,1-3H3;1H4;1H. The second-order valence-electron chi connectivity index (χ2n) is 4.69. The molecule has 2 heteroatoms. The monoisotopic (exact) mass is 259 g/mol. The highest BCUT2D eigenvalue weighted by Gasteiger charge is 2.14. The summed E-state index contributed by atoms with van der Waals surface area (Å²) >= 11 is 0. The highest BCUT2D eigenvalue weighted by atomic mass is 16.5. The molecule has 1 heterocycles. The molecule has 1 atom stereocenters. The minimum absolute atomic E-state index is 0. The molecule has 19 heavy (non-hydrogen) atoms. The summed E-state index contributed by atoms with van der Waals surface area (Å²) in [6.45, 7) is 4.39. The lowest BCUT2D eigenvalue weighted by atomic mass is 9.99. The van der Waals surface area contributed by atoms with Crippen LogP contribution in [-0.4, -0.2) is 12.1 Å². The van der Waals surface area contributed by atoms with Crippen LogP contribution in [-0.2, 0) is 4.74 Å². The zero-order chi connectivity index (χ0) is 13.0. The van der Waals surface area contributed by atoms with Crippen molar-refractivity contribution >= 4 is 0 Å². The van der Waals surface area contributed by atoms with Crippen LogP contribution in [0.25, 0.3) is 0 Å². The van der Waals surface area contributed by atoms with Crippen molar-refractivity contribution < 1.29 is 6.16 Å². The number of aromatic nitrogens is 1. The van der Waals surface area contributed by atoms with E-state index in [1.807, 2.05) is 18.2 Å². The van der Waals surface area contributed by atoms with Crippen molar-refractivity contribution in [3.05, 3.63) is 65.5 Å². The van der Waals surface area contributed by atoms with Crippen LogP contribution in [0, 0.1) is 0 Å². The van der Waals surface area contributed by atoms with Gasteiger partial charge in [-0.05, 0) is 29.2 Å². The first kappa shape index (κ1) is 15.4. The van der Waals surface area contributed by atoms with Crippen molar-refractivity contribution in [2.75, 3.05) is 7.11 Å². The van der Waals surface area contributed by atoms with Gasteiger partial charge in [-0.25, -0.2) is 0 Å². The van der Waals surface area contributed by atoms with Gasteiger partial charge in [0.2, 0.25) is 0 Å². The SMILES string of the molecule is C.COC(c1ccc(C(C)C)cc1)c1ccccn1.[HH]. The maximum Gasteiger partial charge on any atom is 0.124 e. The fourth-order valence-electron chi connectivity index (χ4n) is 2.01. The van der Waals surface area contributed by atoms with Crippen LogP contribution in [0.2, 0.25) is 0 Å². The molecule has 1 unspecified atom stereocenters. The number of methoxy groups -OCH3 is 1. The van der Waals surface area contributed by atoms with Gasteiger partial charge in [0.05, 0.1) is 5.69 Å². The molecule has 0 radical (unpaired) electrons. The molecule has 0 fully saturated rings. The molecule has 0 saturated heterocycles. The quantitative estimate of drug-likeness (QED) is 0.785. The molecule has 0 spiro atoms. The van der Waals surface area contributed by atoms with Crippen molar-refractivity contribution in [2.45, 2.75) is 33.3 Å². The molecule has 0 aliphatic carbocycles. The molecule has 1 aromatic carbocycles. The maximum atomic E-state index is 5.56. The Labute approximate surface area is 118 Å². The molecule has 2 aromatic rings. The Morgan fingerprint density at radius 1 is 1.00 bits per heavy atom. The van der Waals surface area contributed by atoms with Gasteiger partial charge in [-0.3, -0.25) is 4.98 Å². The lowest BCUT2D eigenvalue weighted by Crippen LogP contribution is -2.05. The molecule has 0 N–H and O–H groups in total. The number of benzene rings is 1. The number of hydrogen-bond donors (Lipinski definition) is 0. The van der Waals surface area contributed by atoms with Crippen LogP contribution in [0.1, 0.15) is 51.5 Å². The van der Waals surface area contributed by atoms with Gasteiger partial charge in [-0.15, -0.1) is 0 Å². The minimum Gasteiger partial charge on any atom is -0.370 e. The number of pyridine rings is 1. The van der Waals surface area contributed by atoms with Gasteiger partial charge in [-0.1, -0.05) is 51.6 Å². The van der Waals surface area contributed by atoms with Crippen molar-refractivity contribution in [1.29, 1.82) is 0 Å². The van der Waals surface area contributed by atoms with Gasteiger partial charge in [0.25, 0.3) is 0 Å². The Bertz CT molecular complexity index is 482. The molecule has 0 saturated carbocycles. The Kier molecular flexibility index (Phi) is 5.71. The summed E-state index contributed by atoms with van der Waals surface area (Å²) in [5.74, 6) is 0.551. The molecule has 0 amide bonds. The second-order valence-corrected chi connectivity index (χ2v) is 4.69. The van der Waals surface area contributed by atoms with Crippen molar-refractivity contribution in [3.63, 3.8) is 0 Å². The molecule has 0 aliphatic rings. The van der Waals surface area contributed by atoms with E-state index >= 15 is 0 Å². The van der Waals surface area contributed by atoms with Crippen molar-refractivity contribution in [2.24, 2.45) is 0 Å². The van der Waals surface area contributed by atoms with Crippen LogP contribution in [0.15, 0.2) is 48.7 Å². The number of rotatable bonds is 4. The van der Waals surface area contributed by atoms with E-state index in [2.05, 4.69) is 43.1 Å². The summed E-state index contributed by atoms with van der Waals surface area (Å²) in [7, 11) is 1.72. The average Bonchev–Trinajstić information content (AvgIpc) is 2.41. The van der Waals surface area contributed by atoms with Gasteiger partial charge < -0.3 is 4.74 Å². The minimum atomic E-state index is -0.0904. The fraction of sp³-hybridized carbons (Fsp3) is 0.353. The largest absolute Gasteiger partial charge is 0.370 e. The highest BCUT2D eigenvalue weighted by Crippen LogP contribution is 2.25. The van der Waals surface area contributed by atoms with Crippen molar-refractivity contribution in [3.8, 4) is 0 Å². The third-order valence-electron chi connectivity index (χ3n) is 3.10. The predicted octanol–water partition coefficient (Wildman–Crippen LogP) is 4.82. The number of hydrogen-bond acceptors (Lipinski definition) is 2. The second kappa shape index (κ2) is 7.05. The van der Waals surface area contributed by atoms with Gasteiger partial charge in [0.1, 0.15) is 6.10 Å². The first-order chi connectivity index (χ1) is 8.72. The lowest BCUT2D eigenvalue weighted by molar-refractivity contribution is 0.133. The summed E-state index contributed by atoms with van der Waals surface area (Å²) in [5, 5.41) is 0. The van der Waals surface area contributed by atoms with Crippen LogP contribution < -0.4 is 0 Å². The average molecular weight is 259 g/mol. The Hall–Kier alpha value is -1.67. The van der Waals surface area contributed by atoms with Crippen molar-refractivity contribution in [1.82, 2.24) is 4.98 Å². The van der Waals surface area contributed by atoms with Gasteiger partial charge >= 0.3 is 0 Å². The number of ether oxygens (including phenoxy) is 1. The fourth-order valence-corrected chi connectivity index (χ4v) is 2.01. The molecule has 0 aliphatic heterocycles. The Morgan fingerprint density at radius 3 is 2.11 bits per heavy atom. The lowest BCUT2D eigenvalue weighted by Gasteiger charge is -2.16. The highest BCUT2D eigenvalue weighted by molar-refractivity contribution is 5.30. The summed E-state index contributed by atoms with van der Waals surface area (Å²) < 4.78 is 5.56. The van der Waals surface area contributed by atoms with E-state index in [0.717, 1.165) is 11.3 Å². The zero-order valence-corrected chi connectivity index (χ0v) is 11.1. The zero-order valence-electron chi connectivity index (χ0n) is 11.1. The summed E-state index contributed by atoms with van der Waals surface area (Å²) in [4.78, 5) is 4.36. The van der Waals surface area contributed by atoms with E-state index in [1.165, 1.54) is 5.56 Å². The molecular weight excluding hydrogens is 234 g/mol. The van der Waals surface area contributed by atoms with Gasteiger partial charge in [-0.2, -0.15) is 0 Å². The smallest absolute Gasteiger partial charge is 0.124 e. The Morgan fingerprint density at radius 2 is 1.63 bits per heavy atom. The van der Waals surface area contributed by atoms with E-state index in [-0.39, 0.29) is 15.0 Å². The van der Waals surface area contributed by atoms with Crippen LogP contribution in [0.3, 0.4) is 0 Å². The molecule has 2 nitrogen and oxygen atoms in total. The third-order valence-corrected chi connectivity index (χ3v) is 3.10. The molecule has 2 rings (SSSR count). The summed E-state index contributed by atoms with van der Waals surface area (Å²) in [5.41, 5.74) is 3.42. The van der Waals surface area contributed by atoms with Crippen LogP contribution >= 0.6 is 0 Å². The molecule has 1 aromatic heterocycles. The van der Waals surface area contributed by atoms with E-state index in [4.69, 9.17) is 4.74 Å². The topological polar surface area (TPSA) is 22.1 Å².